The largest absolute Gasteiger partial charge is 0.337 e. The van der Waals surface area contributed by atoms with Crippen LogP contribution in [0.5, 0.6) is 0 Å². The van der Waals surface area contributed by atoms with Crippen LogP contribution in [0.2, 0.25) is 0 Å². The molecule has 0 atom stereocenters. The van der Waals surface area contributed by atoms with E-state index < -0.39 is 28.7 Å². The van der Waals surface area contributed by atoms with E-state index in [1.165, 1.54) is 29.5 Å². The summed E-state index contributed by atoms with van der Waals surface area (Å²) in [7, 11) is 0. The molecule has 12 heavy (non-hydrogen) atoms. The lowest BCUT2D eigenvalue weighted by Crippen LogP contribution is -2.50. The highest BCUT2D eigenvalue weighted by Crippen LogP contribution is 2.29. The number of ether oxygens (including phenoxy) is 2. The zero-order chi connectivity index (χ0) is 9.41. The quantitative estimate of drug-likeness (QED) is 0.540. The Balaban J connectivity index is 2.62. The van der Waals surface area contributed by atoms with Gasteiger partial charge < -0.3 is 9.47 Å². The van der Waals surface area contributed by atoms with Crippen molar-refractivity contribution in [3.8, 4) is 0 Å². The molecular weight excluding hydrogens is 285 g/mol. The molecule has 0 spiro atoms. The van der Waals surface area contributed by atoms with Gasteiger partial charge in [-0.3, -0.25) is 4.79 Å². The maximum Gasteiger partial charge on any atom is 0.294 e. The van der Waals surface area contributed by atoms with E-state index >= 15 is 0 Å². The Morgan fingerprint density at radius 2 is 1.83 bits per heavy atom. The number of rotatable bonds is 1. The van der Waals surface area contributed by atoms with E-state index in [1.807, 2.05) is 0 Å². The van der Waals surface area contributed by atoms with E-state index in [0.29, 0.717) is 0 Å². The molecule has 3 nitrogen and oxygen atoms in total. The zero-order valence-corrected chi connectivity index (χ0v) is 8.43. The maximum atomic E-state index is 12.4. The van der Waals surface area contributed by atoms with Gasteiger partial charge in [0.2, 0.25) is 5.79 Å². The number of carbonyl (C=O) groups excluding carboxylic acids is 1. The summed E-state index contributed by atoms with van der Waals surface area (Å²) in [5, 5.41) is 0. The van der Waals surface area contributed by atoms with E-state index in [-0.39, 0.29) is 0 Å². The number of carbonyl (C=O) groups is 1. The second kappa shape index (κ2) is 3.15. The van der Waals surface area contributed by atoms with Crippen LogP contribution in [0.4, 0.5) is 8.78 Å². The van der Waals surface area contributed by atoms with Gasteiger partial charge in [-0.15, -0.1) is 0 Å². The van der Waals surface area contributed by atoms with Crippen molar-refractivity contribution < 1.29 is 23.0 Å². The van der Waals surface area contributed by atoms with Crippen molar-refractivity contribution in [2.75, 3.05) is 13.2 Å². The fourth-order valence-corrected chi connectivity index (χ4v) is 0.995. The summed E-state index contributed by atoms with van der Waals surface area (Å²) in [5.74, 6) is -4.48. The summed E-state index contributed by atoms with van der Waals surface area (Å²) in [6, 6.07) is 0. The fraction of sp³-hybridized carbons (Fsp3) is 0.833. The van der Waals surface area contributed by atoms with Gasteiger partial charge in [0.15, 0.2) is 0 Å². The van der Waals surface area contributed by atoms with Gasteiger partial charge in [-0.25, -0.2) is 8.78 Å². The number of halogens is 3. The van der Waals surface area contributed by atoms with Gasteiger partial charge in [0.1, 0.15) is 13.2 Å². The van der Waals surface area contributed by atoms with Gasteiger partial charge in [0.25, 0.3) is 9.71 Å². The highest BCUT2D eigenvalue weighted by Gasteiger charge is 2.46. The lowest BCUT2D eigenvalue weighted by atomic mass is 10.3. The summed E-state index contributed by atoms with van der Waals surface area (Å²) >= 11 is 1.46. The minimum atomic E-state index is -2.98. The van der Waals surface area contributed by atoms with Crippen LogP contribution >= 0.6 is 22.6 Å². The Morgan fingerprint density at radius 3 is 2.17 bits per heavy atom. The summed E-state index contributed by atoms with van der Waals surface area (Å²) in [6.45, 7) is -0.201. The van der Waals surface area contributed by atoms with E-state index in [4.69, 9.17) is 0 Å². The van der Waals surface area contributed by atoms with Crippen LogP contribution in [0.15, 0.2) is 0 Å². The molecule has 0 aromatic rings. The predicted octanol–water partition coefficient (Wildman–Crippen LogP) is 1.35. The Bertz CT molecular complexity index is 197. The third-order valence-electron chi connectivity index (χ3n) is 1.47. The van der Waals surface area contributed by atoms with Crippen molar-refractivity contribution in [3.63, 3.8) is 0 Å². The first-order valence-corrected chi connectivity index (χ1v) is 4.29. The van der Waals surface area contributed by atoms with Gasteiger partial charge in [0, 0.05) is 22.6 Å². The molecule has 0 unspecified atom stereocenters. The Labute approximate surface area is 81.5 Å². The lowest BCUT2D eigenvalue weighted by Gasteiger charge is -2.34. The molecule has 1 aliphatic rings. The van der Waals surface area contributed by atoms with Gasteiger partial charge in [-0.2, -0.15) is 0 Å². The Kier molecular flexibility index (Phi) is 2.69. The topological polar surface area (TPSA) is 35.5 Å². The van der Waals surface area contributed by atoms with Crippen LogP contribution in [-0.2, 0) is 14.3 Å². The van der Waals surface area contributed by atoms with Gasteiger partial charge in [0.05, 0.1) is 0 Å². The highest BCUT2D eigenvalue weighted by atomic mass is 127. The first-order valence-electron chi connectivity index (χ1n) is 3.21. The van der Waals surface area contributed by atoms with E-state index in [2.05, 4.69) is 9.47 Å². The molecule has 0 amide bonds. The third-order valence-corrected chi connectivity index (χ3v) is 2.45. The standard InChI is InChI=1S/C6H7F2IO3/c1-5(4(9)10)11-2-6(7,8)3-12-5/h2-3H2,1H3. The van der Waals surface area contributed by atoms with E-state index in [9.17, 15) is 13.6 Å². The number of hydrogen-bond donors (Lipinski definition) is 0. The molecule has 0 radical (unpaired) electrons. The van der Waals surface area contributed by atoms with Crippen molar-refractivity contribution in [1.29, 1.82) is 0 Å². The van der Waals surface area contributed by atoms with E-state index in [1.54, 1.807) is 0 Å². The van der Waals surface area contributed by atoms with Gasteiger partial charge >= 0.3 is 0 Å². The molecule has 0 bridgehead atoms. The molecule has 0 aliphatic carbocycles. The maximum absolute atomic E-state index is 12.4. The molecule has 6 heteroatoms. The first kappa shape index (κ1) is 10.3. The summed E-state index contributed by atoms with van der Waals surface area (Å²) in [5.41, 5.74) is 0. The second-order valence-corrected chi connectivity index (χ2v) is 3.63. The van der Waals surface area contributed by atoms with Crippen LogP contribution in [0.25, 0.3) is 0 Å². The number of alkyl halides is 2. The van der Waals surface area contributed by atoms with Crippen LogP contribution in [0.3, 0.4) is 0 Å². The second-order valence-electron chi connectivity index (χ2n) is 2.65. The monoisotopic (exact) mass is 292 g/mol. The zero-order valence-electron chi connectivity index (χ0n) is 6.27. The molecule has 70 valence electrons. The molecule has 0 N–H and O–H groups in total. The molecule has 0 aromatic heterocycles. The molecule has 1 fully saturated rings. The average molecular weight is 292 g/mol. The van der Waals surface area contributed by atoms with Crippen molar-refractivity contribution in [3.05, 3.63) is 0 Å². The third kappa shape index (κ3) is 2.11. The molecule has 1 heterocycles. The molecule has 1 saturated heterocycles. The Hall–Kier alpha value is 0.180. The predicted molar refractivity (Wildman–Crippen MR) is 44.3 cm³/mol. The van der Waals surface area contributed by atoms with Crippen molar-refractivity contribution in [1.82, 2.24) is 0 Å². The van der Waals surface area contributed by atoms with Crippen LogP contribution in [-0.4, -0.2) is 28.7 Å². The van der Waals surface area contributed by atoms with Crippen molar-refractivity contribution in [2.24, 2.45) is 0 Å². The van der Waals surface area contributed by atoms with Crippen LogP contribution in [0, 0.1) is 0 Å². The van der Waals surface area contributed by atoms with Gasteiger partial charge in [-0.05, 0) is 6.92 Å². The first-order chi connectivity index (χ1) is 5.36. The smallest absolute Gasteiger partial charge is 0.294 e. The molecule has 0 aromatic carbocycles. The molecular formula is C6H7F2IO3. The van der Waals surface area contributed by atoms with Crippen LogP contribution < -0.4 is 0 Å². The normalized spacial score (nSPS) is 26.7. The molecule has 1 aliphatic heterocycles. The SMILES string of the molecule is CC1(C(=O)I)OCC(F)(F)CO1. The van der Waals surface area contributed by atoms with Gasteiger partial charge in [-0.1, -0.05) is 0 Å². The minimum absolute atomic E-state index is 0.435. The van der Waals surface area contributed by atoms with Crippen molar-refractivity contribution in [2.45, 2.75) is 18.6 Å². The summed E-state index contributed by atoms with van der Waals surface area (Å²) < 4.78 is 33.7. The van der Waals surface area contributed by atoms with Crippen molar-refractivity contribution >= 4 is 26.4 Å². The summed E-state index contributed by atoms with van der Waals surface area (Å²) in [4.78, 5) is 10.8. The lowest BCUT2D eigenvalue weighted by molar-refractivity contribution is -0.300. The van der Waals surface area contributed by atoms with Crippen LogP contribution in [0.1, 0.15) is 6.92 Å². The summed E-state index contributed by atoms with van der Waals surface area (Å²) in [6.07, 6.45) is 0. The molecule has 1 rings (SSSR count). The number of hydrogen-bond acceptors (Lipinski definition) is 3. The highest BCUT2D eigenvalue weighted by molar-refractivity contribution is 14.1. The van der Waals surface area contributed by atoms with E-state index in [0.717, 1.165) is 0 Å². The molecule has 0 saturated carbocycles. The fourth-order valence-electron chi connectivity index (χ4n) is 0.683. The minimum Gasteiger partial charge on any atom is -0.337 e. The Morgan fingerprint density at radius 1 is 1.42 bits per heavy atom. The average Bonchev–Trinajstić information content (AvgIpc) is 1.96.